The van der Waals surface area contributed by atoms with Crippen LogP contribution in [0.2, 0.25) is 0 Å². The van der Waals surface area contributed by atoms with Crippen molar-refractivity contribution in [2.24, 2.45) is 5.92 Å². The molecule has 1 aliphatic heterocycles. The summed E-state index contributed by atoms with van der Waals surface area (Å²) in [5, 5.41) is 0. The quantitative estimate of drug-likeness (QED) is 0.832. The van der Waals surface area contributed by atoms with Crippen molar-refractivity contribution >= 4 is 23.2 Å². The van der Waals surface area contributed by atoms with Crippen molar-refractivity contribution in [3.8, 4) is 0 Å². The fraction of sp³-hybridized carbons (Fsp3) is 0.667. The molecule has 0 aromatic carbocycles. The number of rotatable bonds is 5. The average molecular weight is 309 g/mol. The van der Waals surface area contributed by atoms with Gasteiger partial charge in [-0.2, -0.15) is 0 Å². The number of aromatic nitrogens is 1. The third-order valence-corrected chi connectivity index (χ3v) is 5.02. The zero-order chi connectivity index (χ0) is 15.6. The third kappa shape index (κ3) is 3.61. The van der Waals surface area contributed by atoms with Crippen LogP contribution in [0.4, 0.5) is 0 Å². The molecule has 0 N–H and O–H groups in total. The van der Waals surface area contributed by atoms with Gasteiger partial charge in [0.2, 0.25) is 11.8 Å². The van der Waals surface area contributed by atoms with Gasteiger partial charge in [0.05, 0.1) is 17.1 Å². The second-order valence-corrected chi connectivity index (χ2v) is 6.85. The highest BCUT2D eigenvalue weighted by molar-refractivity contribution is 7.09. The Morgan fingerprint density at radius 3 is 2.81 bits per heavy atom. The maximum absolute atomic E-state index is 12.4. The van der Waals surface area contributed by atoms with Crippen molar-refractivity contribution in [1.82, 2.24) is 14.8 Å². The summed E-state index contributed by atoms with van der Waals surface area (Å²) in [5.74, 6) is -0.0174. The Morgan fingerprint density at radius 2 is 2.29 bits per heavy atom. The molecular weight excluding hydrogens is 286 g/mol. The highest BCUT2D eigenvalue weighted by Crippen LogP contribution is 2.22. The first-order chi connectivity index (χ1) is 9.90. The zero-order valence-corrected chi connectivity index (χ0v) is 13.9. The number of carbonyl (C=O) groups is 2. The largest absolute Gasteiger partial charge is 0.345 e. The topological polar surface area (TPSA) is 53.5 Å². The highest BCUT2D eigenvalue weighted by Gasteiger charge is 2.36. The van der Waals surface area contributed by atoms with E-state index in [9.17, 15) is 9.59 Å². The Hall–Kier alpha value is -1.43. The Morgan fingerprint density at radius 1 is 1.57 bits per heavy atom. The summed E-state index contributed by atoms with van der Waals surface area (Å²) in [7, 11) is 1.82. The van der Waals surface area contributed by atoms with Crippen LogP contribution in [0.3, 0.4) is 0 Å². The van der Waals surface area contributed by atoms with Crippen molar-refractivity contribution in [3.63, 3.8) is 0 Å². The van der Waals surface area contributed by atoms with Gasteiger partial charge in [0.25, 0.3) is 0 Å². The van der Waals surface area contributed by atoms with E-state index < -0.39 is 0 Å². The molecule has 0 saturated carbocycles. The first kappa shape index (κ1) is 15.9. The lowest BCUT2D eigenvalue weighted by Gasteiger charge is -2.23. The van der Waals surface area contributed by atoms with Gasteiger partial charge >= 0.3 is 0 Å². The molecule has 21 heavy (non-hydrogen) atoms. The summed E-state index contributed by atoms with van der Waals surface area (Å²) >= 11 is 1.63. The number of amides is 2. The maximum atomic E-state index is 12.4. The molecule has 6 heteroatoms. The molecule has 2 rings (SSSR count). The molecule has 5 nitrogen and oxygen atoms in total. The molecule has 0 unspecified atom stereocenters. The monoisotopic (exact) mass is 309 g/mol. The molecule has 1 aromatic heterocycles. The van der Waals surface area contributed by atoms with E-state index in [-0.39, 0.29) is 23.8 Å². The van der Waals surface area contributed by atoms with Crippen LogP contribution in [-0.4, -0.2) is 52.8 Å². The second-order valence-electron chi connectivity index (χ2n) is 5.91. The molecule has 0 radical (unpaired) electrons. The number of nitrogens with zero attached hydrogens (tertiary/aromatic N) is 3. The van der Waals surface area contributed by atoms with E-state index in [4.69, 9.17) is 0 Å². The molecule has 116 valence electrons. The minimum atomic E-state index is -0.188. The molecule has 1 fully saturated rings. The lowest BCUT2D eigenvalue weighted by Crippen LogP contribution is -2.37. The number of hydrogen-bond acceptors (Lipinski definition) is 4. The number of likely N-dealkylation sites (tertiary alicyclic amines) is 1. The summed E-state index contributed by atoms with van der Waals surface area (Å²) in [6.45, 7) is 7.19. The van der Waals surface area contributed by atoms with E-state index in [2.05, 4.69) is 4.98 Å². The van der Waals surface area contributed by atoms with Crippen LogP contribution in [0.5, 0.6) is 0 Å². The summed E-state index contributed by atoms with van der Waals surface area (Å²) in [5.41, 5.74) is 2.88. The molecule has 2 amide bonds. The van der Waals surface area contributed by atoms with E-state index in [1.165, 1.54) is 4.88 Å². The zero-order valence-electron chi connectivity index (χ0n) is 13.1. The van der Waals surface area contributed by atoms with Gasteiger partial charge in [-0.15, -0.1) is 11.3 Å². The van der Waals surface area contributed by atoms with Crippen molar-refractivity contribution in [1.29, 1.82) is 0 Å². The first-order valence-corrected chi connectivity index (χ1v) is 8.21. The maximum Gasteiger partial charge on any atom is 0.227 e. The minimum absolute atomic E-state index is 0.0775. The van der Waals surface area contributed by atoms with Crippen LogP contribution in [0.15, 0.2) is 5.51 Å². The van der Waals surface area contributed by atoms with E-state index in [0.717, 1.165) is 12.1 Å². The van der Waals surface area contributed by atoms with Gasteiger partial charge in [-0.25, -0.2) is 4.98 Å². The van der Waals surface area contributed by atoms with Crippen molar-refractivity contribution in [2.45, 2.75) is 39.7 Å². The van der Waals surface area contributed by atoms with Crippen molar-refractivity contribution in [3.05, 3.63) is 16.1 Å². The molecule has 0 bridgehead atoms. The molecule has 0 spiro atoms. The fourth-order valence-corrected chi connectivity index (χ4v) is 3.42. The number of hydrogen-bond donors (Lipinski definition) is 0. The molecular formula is C15H23N3O2S. The first-order valence-electron chi connectivity index (χ1n) is 7.33. The SMILES string of the molecule is Cc1ncsc1CCN(C)C(=O)[C@@H]1CC(=O)N(C(C)C)C1. The molecule has 2 heterocycles. The van der Waals surface area contributed by atoms with Gasteiger partial charge in [-0.1, -0.05) is 0 Å². The van der Waals surface area contributed by atoms with E-state index >= 15 is 0 Å². The Bertz CT molecular complexity index is 527. The van der Waals surface area contributed by atoms with Crippen LogP contribution in [-0.2, 0) is 16.0 Å². The normalized spacial score (nSPS) is 18.6. The van der Waals surface area contributed by atoms with Crippen LogP contribution in [0.1, 0.15) is 30.8 Å². The number of thiazole rings is 1. The van der Waals surface area contributed by atoms with Crippen LogP contribution in [0.25, 0.3) is 0 Å². The van der Waals surface area contributed by atoms with Gasteiger partial charge in [0, 0.05) is 43.9 Å². The molecule has 1 atom stereocenters. The predicted octanol–water partition coefficient (Wildman–Crippen LogP) is 1.71. The van der Waals surface area contributed by atoms with Gasteiger partial charge in [-0.05, 0) is 20.8 Å². The fourth-order valence-electron chi connectivity index (χ4n) is 2.65. The average Bonchev–Trinajstić information content (AvgIpc) is 3.01. The summed E-state index contributed by atoms with van der Waals surface area (Å²) < 4.78 is 0. The van der Waals surface area contributed by atoms with Crippen molar-refractivity contribution < 1.29 is 9.59 Å². The molecule has 1 aliphatic rings. The minimum Gasteiger partial charge on any atom is -0.345 e. The van der Waals surface area contributed by atoms with E-state index in [1.807, 2.05) is 33.3 Å². The van der Waals surface area contributed by atoms with Gasteiger partial charge in [0.15, 0.2) is 0 Å². The number of carbonyl (C=O) groups excluding carboxylic acids is 2. The van der Waals surface area contributed by atoms with E-state index in [1.54, 1.807) is 21.1 Å². The Kier molecular flexibility index (Phi) is 4.98. The molecule has 1 aromatic rings. The summed E-state index contributed by atoms with van der Waals surface area (Å²) in [6, 6.07) is 0.167. The number of likely N-dealkylation sites (N-methyl/N-ethyl adjacent to an activating group) is 1. The highest BCUT2D eigenvalue weighted by atomic mass is 32.1. The van der Waals surface area contributed by atoms with Gasteiger partial charge < -0.3 is 9.80 Å². The van der Waals surface area contributed by atoms with Crippen LogP contribution in [0, 0.1) is 12.8 Å². The second kappa shape index (κ2) is 6.56. The third-order valence-electron chi connectivity index (χ3n) is 4.03. The Balaban J connectivity index is 1.88. The number of aryl methyl sites for hydroxylation is 1. The van der Waals surface area contributed by atoms with Crippen LogP contribution >= 0.6 is 11.3 Å². The Labute approximate surface area is 130 Å². The van der Waals surface area contributed by atoms with Crippen LogP contribution < -0.4 is 0 Å². The van der Waals surface area contributed by atoms with Gasteiger partial charge in [-0.3, -0.25) is 9.59 Å². The molecule has 0 aliphatic carbocycles. The predicted molar refractivity (Wildman–Crippen MR) is 83.1 cm³/mol. The summed E-state index contributed by atoms with van der Waals surface area (Å²) in [4.78, 5) is 33.3. The smallest absolute Gasteiger partial charge is 0.227 e. The van der Waals surface area contributed by atoms with E-state index in [0.29, 0.717) is 19.5 Å². The lowest BCUT2D eigenvalue weighted by atomic mass is 10.1. The lowest BCUT2D eigenvalue weighted by molar-refractivity contribution is -0.134. The van der Waals surface area contributed by atoms with Crippen molar-refractivity contribution in [2.75, 3.05) is 20.1 Å². The van der Waals surface area contributed by atoms with Gasteiger partial charge in [0.1, 0.15) is 0 Å². The standard InChI is InChI=1S/C15H23N3O2S/c1-10(2)18-8-12(7-14(18)19)15(20)17(4)6-5-13-11(3)16-9-21-13/h9-10,12H,5-8H2,1-4H3/t12-/m1/s1. The molecule has 1 saturated heterocycles. The summed E-state index contributed by atoms with van der Waals surface area (Å²) in [6.07, 6.45) is 1.17.